The van der Waals surface area contributed by atoms with Gasteiger partial charge in [-0.05, 0) is 55.8 Å². The summed E-state index contributed by atoms with van der Waals surface area (Å²) >= 11 is 0. The third-order valence-electron chi connectivity index (χ3n) is 6.33. The molecular weight excluding hydrogens is 326 g/mol. The lowest BCUT2D eigenvalue weighted by Crippen LogP contribution is -2.30. The fourth-order valence-corrected chi connectivity index (χ4v) is 4.68. The van der Waals surface area contributed by atoms with Crippen LogP contribution in [0, 0.1) is 17.3 Å². The normalized spacial score (nSPS) is 27.9. The van der Waals surface area contributed by atoms with Crippen LogP contribution in [0.5, 0.6) is 0 Å². The number of rotatable bonds is 6. The Morgan fingerprint density at radius 2 is 1.96 bits per heavy atom. The van der Waals surface area contributed by atoms with E-state index in [0.717, 1.165) is 56.6 Å². The minimum Gasteiger partial charge on any atom is -0.354 e. The summed E-state index contributed by atoms with van der Waals surface area (Å²) in [6.45, 7) is 9.54. The van der Waals surface area contributed by atoms with Gasteiger partial charge >= 0.3 is 0 Å². The smallest absolute Gasteiger partial charge is 0.227 e. The van der Waals surface area contributed by atoms with E-state index in [0.29, 0.717) is 17.4 Å². The first kappa shape index (κ1) is 17.8. The molecule has 2 atom stereocenters. The second kappa shape index (κ2) is 6.86. The summed E-state index contributed by atoms with van der Waals surface area (Å²) in [5.74, 6) is 3.76. The fourth-order valence-electron chi connectivity index (χ4n) is 4.68. The second-order valence-electron chi connectivity index (χ2n) is 9.59. The zero-order chi connectivity index (χ0) is 18.3. The van der Waals surface area contributed by atoms with E-state index < -0.39 is 0 Å². The van der Waals surface area contributed by atoms with Gasteiger partial charge in [0.15, 0.2) is 0 Å². The van der Waals surface area contributed by atoms with Crippen LogP contribution < -0.4 is 10.2 Å². The van der Waals surface area contributed by atoms with E-state index in [4.69, 9.17) is 0 Å². The molecule has 0 bridgehead atoms. The number of amides is 1. The lowest BCUT2D eigenvalue weighted by molar-refractivity contribution is -0.119. The van der Waals surface area contributed by atoms with Crippen molar-refractivity contribution >= 4 is 11.9 Å². The number of carbonyl (C=O) groups excluding carboxylic acids is 1. The van der Waals surface area contributed by atoms with Crippen molar-refractivity contribution in [3.8, 4) is 0 Å². The lowest BCUT2D eigenvalue weighted by atomic mass is 9.93. The van der Waals surface area contributed by atoms with E-state index in [2.05, 4.69) is 38.8 Å². The van der Waals surface area contributed by atoms with E-state index in [9.17, 15) is 4.79 Å². The van der Waals surface area contributed by atoms with E-state index in [1.807, 2.05) is 0 Å². The lowest BCUT2D eigenvalue weighted by Gasteiger charge is -2.22. The first-order valence-electron chi connectivity index (χ1n) is 10.3. The molecule has 2 saturated carbocycles. The zero-order valence-corrected chi connectivity index (χ0v) is 16.5. The molecule has 1 aromatic heterocycles. The number of hydrogen-bond donors (Lipinski definition) is 1. The Bertz CT molecular complexity index is 663. The topological polar surface area (TPSA) is 63.1 Å². The molecule has 1 aromatic rings. The molecule has 2 aliphatic carbocycles. The highest BCUT2D eigenvalue weighted by Gasteiger charge is 2.34. The maximum Gasteiger partial charge on any atom is 0.227 e. The second-order valence-corrected chi connectivity index (χ2v) is 9.59. The van der Waals surface area contributed by atoms with Gasteiger partial charge in [0.1, 0.15) is 5.82 Å². The summed E-state index contributed by atoms with van der Waals surface area (Å²) < 4.78 is 2.42. The molecule has 1 amide bonds. The van der Waals surface area contributed by atoms with Gasteiger partial charge in [-0.25, -0.2) is 0 Å². The molecule has 6 heteroatoms. The molecule has 1 saturated heterocycles. The van der Waals surface area contributed by atoms with Gasteiger partial charge in [-0.2, -0.15) is 0 Å². The standard InChI is InChI=1S/C20H33N5O/c1-14(26)21-17-7-6-16(10-17)11-18-22-23-19(25(18)12-15-4-5-15)24-9-8-20(2,3)13-24/h15-17H,4-13H2,1-3H3,(H,21,26)/t16-,17+/m0/s1. The first-order chi connectivity index (χ1) is 12.4. The van der Waals surface area contributed by atoms with Crippen LogP contribution in [0.2, 0.25) is 0 Å². The largest absolute Gasteiger partial charge is 0.354 e. The average Bonchev–Trinajstić information content (AvgIpc) is 2.95. The molecule has 26 heavy (non-hydrogen) atoms. The Labute approximate surface area is 156 Å². The van der Waals surface area contributed by atoms with Crippen molar-refractivity contribution in [1.82, 2.24) is 20.1 Å². The Morgan fingerprint density at radius 3 is 2.62 bits per heavy atom. The summed E-state index contributed by atoms with van der Waals surface area (Å²) in [6.07, 6.45) is 8.24. The van der Waals surface area contributed by atoms with Crippen molar-refractivity contribution in [2.75, 3.05) is 18.0 Å². The van der Waals surface area contributed by atoms with E-state index in [1.165, 1.54) is 25.7 Å². The monoisotopic (exact) mass is 359 g/mol. The van der Waals surface area contributed by atoms with Crippen LogP contribution in [0.4, 0.5) is 5.95 Å². The Morgan fingerprint density at radius 1 is 1.19 bits per heavy atom. The molecule has 4 rings (SSSR count). The molecule has 3 aliphatic rings. The number of hydrogen-bond acceptors (Lipinski definition) is 4. The summed E-state index contributed by atoms with van der Waals surface area (Å²) in [7, 11) is 0. The highest BCUT2D eigenvalue weighted by molar-refractivity contribution is 5.73. The molecule has 2 heterocycles. The number of anilines is 1. The first-order valence-corrected chi connectivity index (χ1v) is 10.3. The molecule has 144 valence electrons. The molecule has 6 nitrogen and oxygen atoms in total. The fraction of sp³-hybridized carbons (Fsp3) is 0.850. The van der Waals surface area contributed by atoms with Gasteiger partial charge in [0, 0.05) is 39.0 Å². The molecule has 0 radical (unpaired) electrons. The number of carbonyl (C=O) groups is 1. The average molecular weight is 360 g/mol. The van der Waals surface area contributed by atoms with Gasteiger partial charge in [0.05, 0.1) is 0 Å². The third-order valence-corrected chi connectivity index (χ3v) is 6.33. The third kappa shape index (κ3) is 4.04. The number of aromatic nitrogens is 3. The molecule has 1 aliphatic heterocycles. The summed E-state index contributed by atoms with van der Waals surface area (Å²) in [6, 6.07) is 0.344. The van der Waals surface area contributed by atoms with Gasteiger partial charge in [-0.1, -0.05) is 13.8 Å². The van der Waals surface area contributed by atoms with Crippen molar-refractivity contribution in [2.24, 2.45) is 17.3 Å². The van der Waals surface area contributed by atoms with E-state index in [1.54, 1.807) is 6.92 Å². The molecule has 3 fully saturated rings. The minimum atomic E-state index is 0.0893. The van der Waals surface area contributed by atoms with Crippen molar-refractivity contribution < 1.29 is 4.79 Å². The number of nitrogens with one attached hydrogen (secondary N) is 1. The van der Waals surface area contributed by atoms with Crippen LogP contribution in [0.1, 0.15) is 65.1 Å². The van der Waals surface area contributed by atoms with Crippen LogP contribution in [0.15, 0.2) is 0 Å². The van der Waals surface area contributed by atoms with Crippen molar-refractivity contribution in [3.05, 3.63) is 5.82 Å². The van der Waals surface area contributed by atoms with Gasteiger partial charge < -0.3 is 10.2 Å². The predicted molar refractivity (Wildman–Crippen MR) is 102 cm³/mol. The van der Waals surface area contributed by atoms with Crippen LogP contribution in [0.25, 0.3) is 0 Å². The Kier molecular flexibility index (Phi) is 4.70. The van der Waals surface area contributed by atoms with Crippen molar-refractivity contribution in [3.63, 3.8) is 0 Å². The highest BCUT2D eigenvalue weighted by Crippen LogP contribution is 2.36. The highest BCUT2D eigenvalue weighted by atomic mass is 16.1. The molecule has 0 spiro atoms. The van der Waals surface area contributed by atoms with Crippen LogP contribution in [0.3, 0.4) is 0 Å². The van der Waals surface area contributed by atoms with Gasteiger partial charge in [0.25, 0.3) is 0 Å². The predicted octanol–water partition coefficient (Wildman–Crippen LogP) is 2.77. The maximum absolute atomic E-state index is 11.3. The maximum atomic E-state index is 11.3. The molecule has 0 aromatic carbocycles. The Balaban J connectivity index is 1.47. The van der Waals surface area contributed by atoms with E-state index in [-0.39, 0.29) is 5.91 Å². The quantitative estimate of drug-likeness (QED) is 0.848. The van der Waals surface area contributed by atoms with Gasteiger partial charge in [-0.3, -0.25) is 9.36 Å². The van der Waals surface area contributed by atoms with Crippen LogP contribution in [-0.4, -0.2) is 39.8 Å². The van der Waals surface area contributed by atoms with Gasteiger partial charge in [0.2, 0.25) is 11.9 Å². The summed E-state index contributed by atoms with van der Waals surface area (Å²) in [5, 5.41) is 12.3. The summed E-state index contributed by atoms with van der Waals surface area (Å²) in [5.41, 5.74) is 0.369. The van der Waals surface area contributed by atoms with Crippen LogP contribution in [-0.2, 0) is 17.8 Å². The molecule has 1 N–H and O–H groups in total. The number of nitrogens with zero attached hydrogens (tertiary/aromatic N) is 4. The Hall–Kier alpha value is -1.59. The van der Waals surface area contributed by atoms with Crippen molar-refractivity contribution in [1.29, 1.82) is 0 Å². The summed E-state index contributed by atoms with van der Waals surface area (Å²) in [4.78, 5) is 13.7. The zero-order valence-electron chi connectivity index (χ0n) is 16.5. The SMILES string of the molecule is CC(=O)N[C@@H]1CC[C@H](Cc2nnc(N3CCC(C)(C)C3)n2CC2CC2)C1. The van der Waals surface area contributed by atoms with Crippen LogP contribution >= 0.6 is 0 Å². The molecule has 0 unspecified atom stereocenters. The van der Waals surface area contributed by atoms with Crippen molar-refractivity contribution in [2.45, 2.75) is 78.3 Å². The van der Waals surface area contributed by atoms with Gasteiger partial charge in [-0.15, -0.1) is 10.2 Å². The van der Waals surface area contributed by atoms with E-state index >= 15 is 0 Å². The minimum absolute atomic E-state index is 0.0893. The molecular formula is C20H33N5O.